The van der Waals surface area contributed by atoms with Crippen LogP contribution in [0.2, 0.25) is 10.3 Å². The number of hydrogen-bond donors (Lipinski definition) is 5. The van der Waals surface area contributed by atoms with Crippen LogP contribution in [0.1, 0.15) is 24.8 Å². The average molecular weight is 581 g/mol. The normalized spacial score (nSPS) is 23.8. The van der Waals surface area contributed by atoms with Crippen molar-refractivity contribution in [1.29, 1.82) is 0 Å². The Morgan fingerprint density at radius 2 is 1.81 bits per heavy atom. The summed E-state index contributed by atoms with van der Waals surface area (Å²) in [5, 5.41) is 25.3. The summed E-state index contributed by atoms with van der Waals surface area (Å²) in [6.45, 7) is 1.91. The first-order chi connectivity index (χ1) is 16.7. The van der Waals surface area contributed by atoms with Crippen molar-refractivity contribution in [2.45, 2.75) is 37.5 Å². The molecule has 1 saturated heterocycles. The van der Waals surface area contributed by atoms with Crippen molar-refractivity contribution in [3.63, 3.8) is 0 Å². The third-order valence-electron chi connectivity index (χ3n) is 5.66. The summed E-state index contributed by atoms with van der Waals surface area (Å²) < 4.78 is 42.5. The highest BCUT2D eigenvalue weighted by Crippen LogP contribution is 2.39. The van der Waals surface area contributed by atoms with Gasteiger partial charge < -0.3 is 34.6 Å². The van der Waals surface area contributed by atoms with Gasteiger partial charge in [0.25, 0.3) is 0 Å². The third-order valence-corrected chi connectivity index (χ3v) is 9.84. The molecule has 0 spiro atoms. The Bertz CT molecular complexity index is 1420. The van der Waals surface area contributed by atoms with Crippen LogP contribution in [0.15, 0.2) is 36.5 Å². The zero-order valence-corrected chi connectivity index (χ0v) is 21.9. The lowest BCUT2D eigenvalue weighted by atomic mass is 10.1. The van der Waals surface area contributed by atoms with E-state index in [4.69, 9.17) is 37.7 Å². The van der Waals surface area contributed by atoms with E-state index in [2.05, 4.69) is 15.3 Å². The Hall–Kier alpha value is -1.80. The van der Waals surface area contributed by atoms with Crippen LogP contribution in [0.5, 0.6) is 0 Å². The highest BCUT2D eigenvalue weighted by molar-refractivity contribution is 7.97. The largest absolute Gasteiger partial charge is 0.387 e. The number of aliphatic hydroxyl groups is 2. The van der Waals surface area contributed by atoms with Crippen molar-refractivity contribution in [2.24, 2.45) is 0 Å². The number of fused-ring (bicyclic) bond motifs is 1. The molecular weight excluding hydrogens is 558 g/mol. The first-order valence-corrected chi connectivity index (χ1v) is 14.9. The highest BCUT2D eigenvalue weighted by atomic mass is 35.5. The number of rotatable bonds is 8. The fourth-order valence-electron chi connectivity index (χ4n) is 4.02. The summed E-state index contributed by atoms with van der Waals surface area (Å²) in [7, 11) is -9.16. The average Bonchev–Trinajstić information content (AvgIpc) is 3.28. The van der Waals surface area contributed by atoms with Crippen molar-refractivity contribution in [3.8, 4) is 0 Å². The number of ether oxygens (including phenoxy) is 1. The molecule has 3 aromatic rings. The maximum atomic E-state index is 12.2. The predicted octanol–water partition coefficient (Wildman–Crippen LogP) is 2.08. The molecule has 0 radical (unpaired) electrons. The Kier molecular flexibility index (Phi) is 7.69. The number of aromatic nitrogens is 3. The highest BCUT2D eigenvalue weighted by Gasteiger charge is 2.46. The van der Waals surface area contributed by atoms with Crippen LogP contribution < -0.4 is 5.32 Å². The van der Waals surface area contributed by atoms with Crippen molar-refractivity contribution >= 4 is 57.5 Å². The molecule has 16 heteroatoms. The van der Waals surface area contributed by atoms with Crippen LogP contribution in [0.25, 0.3) is 11.0 Å². The molecule has 1 aliphatic rings. The van der Waals surface area contributed by atoms with E-state index >= 15 is 0 Å². The van der Waals surface area contributed by atoms with Gasteiger partial charge in [-0.2, -0.15) is 4.98 Å². The molecule has 196 valence electrons. The Morgan fingerprint density at radius 3 is 2.44 bits per heavy atom. The zero-order valence-electron chi connectivity index (χ0n) is 18.6. The zero-order chi connectivity index (χ0) is 26.4. The molecule has 1 aromatic carbocycles. The van der Waals surface area contributed by atoms with Gasteiger partial charge in [-0.15, -0.1) is 0 Å². The second-order valence-electron chi connectivity index (χ2n) is 8.47. The molecule has 0 amide bonds. The van der Waals surface area contributed by atoms with Crippen molar-refractivity contribution in [2.75, 3.05) is 16.6 Å². The molecule has 0 bridgehead atoms. The second-order valence-corrected chi connectivity index (χ2v) is 13.4. The first-order valence-electron chi connectivity index (χ1n) is 10.6. The molecule has 0 aliphatic carbocycles. The molecule has 5 N–H and O–H groups in total. The summed E-state index contributed by atoms with van der Waals surface area (Å²) in [4.78, 5) is 26.5. The summed E-state index contributed by atoms with van der Waals surface area (Å²) in [5.74, 6) is -0.507. The summed E-state index contributed by atoms with van der Waals surface area (Å²) >= 11 is 12.1. The summed E-state index contributed by atoms with van der Waals surface area (Å²) in [5.41, 5.74) is -0.224. The minimum Gasteiger partial charge on any atom is -0.387 e. The van der Waals surface area contributed by atoms with Crippen molar-refractivity contribution in [1.82, 2.24) is 14.5 Å². The van der Waals surface area contributed by atoms with Gasteiger partial charge in [-0.1, -0.05) is 23.7 Å². The standard InChI is InChI=1S/C20H23Cl2N4O8PS/c1-10(11-2-4-12(21)5-3-11)23-17-13-6-7-26(18(13)25-20(22)24-17)19-16(28)15(27)14(34-19)8-36(32,33)9-35(29,30)31/h2-7,10,14-16,19,27-28H,8-9H2,1H3,(H,23,24,25)(H2,29,30,31)/t10-,14-,15-,16-,19-/m1/s1. The number of aliphatic hydroxyl groups excluding tert-OH is 2. The Labute approximate surface area is 215 Å². The number of halogens is 2. The first kappa shape index (κ1) is 27.2. The van der Waals surface area contributed by atoms with Crippen LogP contribution in [0.3, 0.4) is 0 Å². The lowest BCUT2D eigenvalue weighted by molar-refractivity contribution is -0.0288. The van der Waals surface area contributed by atoms with E-state index in [-0.39, 0.29) is 17.0 Å². The minimum atomic E-state index is -4.86. The van der Waals surface area contributed by atoms with Crippen LogP contribution in [-0.2, 0) is 19.1 Å². The number of benzene rings is 1. The van der Waals surface area contributed by atoms with E-state index < -0.39 is 53.2 Å². The summed E-state index contributed by atoms with van der Waals surface area (Å²) in [6, 6.07) is 8.68. The van der Waals surface area contributed by atoms with E-state index in [1.54, 1.807) is 18.2 Å². The molecule has 12 nitrogen and oxygen atoms in total. The van der Waals surface area contributed by atoms with Gasteiger partial charge in [-0.25, -0.2) is 13.4 Å². The second kappa shape index (κ2) is 10.2. The maximum absolute atomic E-state index is 12.2. The van der Waals surface area contributed by atoms with E-state index in [0.29, 0.717) is 16.2 Å². The molecule has 36 heavy (non-hydrogen) atoms. The van der Waals surface area contributed by atoms with E-state index in [1.165, 1.54) is 10.8 Å². The van der Waals surface area contributed by atoms with E-state index in [0.717, 1.165) is 5.56 Å². The van der Waals surface area contributed by atoms with E-state index in [9.17, 15) is 23.2 Å². The Balaban J connectivity index is 1.61. The SMILES string of the molecule is C[C@@H](Nc1nc(Cl)nc2c1ccn2[C@@H]1O[C@H](CS(=O)(=O)CP(=O)(O)O)[C@@H](O)[C@H]1O)c1ccc(Cl)cc1. The van der Waals surface area contributed by atoms with Crippen molar-refractivity contribution < 1.29 is 37.7 Å². The molecule has 5 atom stereocenters. The maximum Gasteiger partial charge on any atom is 0.340 e. The van der Waals surface area contributed by atoms with Gasteiger partial charge in [0.1, 0.15) is 29.8 Å². The van der Waals surface area contributed by atoms with Gasteiger partial charge in [-0.3, -0.25) is 4.57 Å². The molecule has 4 rings (SSSR count). The van der Waals surface area contributed by atoms with Gasteiger partial charge in [0.2, 0.25) is 5.28 Å². The van der Waals surface area contributed by atoms with Gasteiger partial charge in [0.15, 0.2) is 21.6 Å². The summed E-state index contributed by atoms with van der Waals surface area (Å²) in [6.07, 6.45) is -4.37. The molecule has 2 aromatic heterocycles. The van der Waals surface area contributed by atoms with Gasteiger partial charge in [-0.05, 0) is 42.3 Å². The topological polar surface area (TPSA) is 184 Å². The number of nitrogens with zero attached hydrogens (tertiary/aromatic N) is 3. The molecule has 0 unspecified atom stereocenters. The van der Waals surface area contributed by atoms with Gasteiger partial charge in [0, 0.05) is 17.3 Å². The predicted molar refractivity (Wildman–Crippen MR) is 133 cm³/mol. The third kappa shape index (κ3) is 6.01. The monoisotopic (exact) mass is 580 g/mol. The van der Waals surface area contributed by atoms with Crippen LogP contribution in [0, 0.1) is 0 Å². The minimum absolute atomic E-state index is 0.109. The Morgan fingerprint density at radius 1 is 1.14 bits per heavy atom. The van der Waals surface area contributed by atoms with Crippen LogP contribution in [0.4, 0.5) is 5.82 Å². The molecule has 1 fully saturated rings. The number of nitrogens with one attached hydrogen (secondary N) is 1. The fourth-order valence-corrected chi connectivity index (χ4v) is 7.56. The smallest absolute Gasteiger partial charge is 0.340 e. The van der Waals surface area contributed by atoms with Crippen molar-refractivity contribution in [3.05, 3.63) is 52.4 Å². The van der Waals surface area contributed by atoms with E-state index in [1.807, 2.05) is 19.1 Å². The molecule has 1 aliphatic heterocycles. The number of hydrogen-bond acceptors (Lipinski definition) is 9. The fraction of sp³-hybridized carbons (Fsp3) is 0.400. The van der Waals surface area contributed by atoms with Gasteiger partial charge in [0.05, 0.1) is 11.1 Å². The van der Waals surface area contributed by atoms with Gasteiger partial charge >= 0.3 is 7.60 Å². The lowest BCUT2D eigenvalue weighted by Crippen LogP contribution is -2.35. The molecular formula is C20H23Cl2N4O8PS. The van der Waals surface area contributed by atoms with Crippen LogP contribution >= 0.6 is 30.8 Å². The molecule has 0 saturated carbocycles. The molecule has 3 heterocycles. The lowest BCUT2D eigenvalue weighted by Gasteiger charge is -2.19. The number of sulfone groups is 1. The quantitative estimate of drug-likeness (QED) is 0.194. The number of anilines is 1. The van der Waals surface area contributed by atoms with Crippen LogP contribution in [-0.4, -0.2) is 72.5 Å².